The number of aromatic amines is 1. The summed E-state index contributed by atoms with van der Waals surface area (Å²) in [5.74, 6) is 4.15. The summed E-state index contributed by atoms with van der Waals surface area (Å²) in [6, 6.07) is 50.1. The number of aromatic nitrogens is 14. The number of likely N-dealkylation sites (N-methyl/N-ethyl adjacent to an activating group) is 4. The van der Waals surface area contributed by atoms with E-state index in [2.05, 4.69) is 301 Å². The van der Waals surface area contributed by atoms with Gasteiger partial charge < -0.3 is 90.4 Å². The van der Waals surface area contributed by atoms with Crippen LogP contribution in [0.25, 0.3) is 65.8 Å². The fraction of sp³-hybridized carbons (Fsp3) is 0.467. The molecule has 4 N–H and O–H groups in total. The number of morpholine rings is 2. The van der Waals surface area contributed by atoms with E-state index in [1.807, 2.05) is 115 Å². The van der Waals surface area contributed by atoms with Gasteiger partial charge >= 0.3 is 110 Å². The van der Waals surface area contributed by atoms with E-state index >= 15 is 0 Å². The summed E-state index contributed by atoms with van der Waals surface area (Å²) < 4.78 is 35.0. The van der Waals surface area contributed by atoms with Crippen LogP contribution in [0.4, 0.5) is 34.9 Å². The van der Waals surface area contributed by atoms with Crippen LogP contribution in [0.2, 0.25) is 15.2 Å². The minimum Gasteiger partial charge on any atom is -1.00 e. The summed E-state index contributed by atoms with van der Waals surface area (Å²) in [5, 5.41) is 51.9. The number of hydrogen-bond acceptors (Lipinski definition) is 28. The molecular weight excluding hydrogens is 2320 g/mol. The first-order chi connectivity index (χ1) is 71.7. The zero-order valence-electron chi connectivity index (χ0n) is 88.7. The van der Waals surface area contributed by atoms with E-state index < -0.39 is 0 Å². The Morgan fingerprint density at radius 2 is 0.820 bits per heavy atom. The van der Waals surface area contributed by atoms with Crippen LogP contribution in [-0.4, -0.2) is 351 Å². The van der Waals surface area contributed by atoms with Gasteiger partial charge in [0.15, 0.2) is 0 Å². The van der Waals surface area contributed by atoms with Crippen LogP contribution in [-0.2, 0) is 54.6 Å². The van der Waals surface area contributed by atoms with Crippen LogP contribution in [0.1, 0.15) is 61.2 Å². The summed E-state index contributed by atoms with van der Waals surface area (Å²) in [4.78, 5) is 51.3. The monoisotopic (exact) mass is 2450 g/mol. The van der Waals surface area contributed by atoms with Crippen molar-refractivity contribution in [3.05, 3.63) is 211 Å². The Hall–Kier alpha value is -5.09. The number of aryl methyl sites for hydroxylation is 4. The van der Waals surface area contributed by atoms with Crippen molar-refractivity contribution in [1.82, 2.24) is 109 Å². The van der Waals surface area contributed by atoms with Gasteiger partial charge in [-0.05, 0) is 210 Å². The third-order valence-corrected chi connectivity index (χ3v) is 29.7. The molecule has 14 aromatic rings. The largest absolute Gasteiger partial charge is 1.00 e. The standard InChI is InChI=1S/C29H35ClN8O.C21H33BN4O2.C15H21BrN4.C14H14Cl2N4O.C10H10BrClN2.C7H5BrN2.C5H12N2.C3H6BrCl.CH2O3.2K.H/c1-35-11-13-36(14-12-35)9-2-10-38-27-19-22(3-4-23(27)21-31-38)26-20-28(32-25-7-5-24(30)6-8-25)34-29(33-26)37-15-17-39-18-16-37;1-20(2)21(3,4)28-22(27-20)18-8-7-17-16-23-26(19(17)15-18)10-6-9-25-13-11-24(5)12-14-25;1-18-7-9-19(10-8-18)5-2-6-20-15-11-14(16)4-3-13(15)12-17-20;15-10-1-3-11(4-2-10)17-13-9-12(16)18-14(19-13)20-5-7-21-8-6-20;11-9-3-2-8-7-13-14(5-1-4-12)10(8)6-9;8-6-2-1-5-4-9-10-7(5)3-6;1-7-4-2-6-3-5-7;4-2-1-3-5;2-1-4-3;;;/h3-8,19-21H,2,9-18H2,1H3,(H,32,33,34);7-8,15-16H,6,9-14H2,1-5H3;3-4,11-12H,2,5-10H2,1H3;1-4,9H,5-8H2,(H,17,18,19);2-3,6-7H,1,4-5H2;1-4H,(H,9,10);6H,2-5H2,1H3;1-3H2;1,3H;;;/q;;;;;;;;;2*+1;-1/p-1. The van der Waals surface area contributed by atoms with Gasteiger partial charge in [-0.15, -0.1) is 23.2 Å². The van der Waals surface area contributed by atoms with E-state index in [9.17, 15) is 0 Å². The predicted molar refractivity (Wildman–Crippen MR) is 616 cm³/mol. The zero-order valence-corrected chi connectivity index (χ0v) is 104. The Morgan fingerprint density at radius 3 is 1.23 bits per heavy atom. The topological polar surface area (TPSA) is 303 Å². The number of anilines is 6. The molecule has 0 radical (unpaired) electrons. The van der Waals surface area contributed by atoms with Gasteiger partial charge in [-0.25, -0.2) is 9.97 Å². The number of fused-ring (bicyclic) bond motifs is 5. The van der Waals surface area contributed by atoms with Gasteiger partial charge in [0.2, 0.25) is 11.9 Å². The molecule has 7 aromatic carbocycles. The number of nitrogens with one attached hydrogen (secondary N) is 4. The third kappa shape index (κ3) is 40.1. The molecule has 0 spiro atoms. The number of hydrogen-bond donors (Lipinski definition) is 4. The van der Waals surface area contributed by atoms with Crippen LogP contribution >= 0.6 is 122 Å². The molecule has 0 bridgehead atoms. The van der Waals surface area contributed by atoms with Gasteiger partial charge in [0.1, 0.15) is 16.8 Å². The van der Waals surface area contributed by atoms with Crippen molar-refractivity contribution in [2.45, 2.75) is 97.2 Å². The molecule has 798 valence electrons. The average Bonchev–Trinajstić information content (AvgIpc) is 1.61. The van der Waals surface area contributed by atoms with E-state index in [-0.39, 0.29) is 129 Å². The van der Waals surface area contributed by atoms with Gasteiger partial charge in [-0.1, -0.05) is 141 Å². The van der Waals surface area contributed by atoms with Crippen LogP contribution in [0, 0.1) is 0 Å². The first-order valence-electron chi connectivity index (χ1n) is 50.4. The maximum atomic E-state index is 8.64. The summed E-state index contributed by atoms with van der Waals surface area (Å²) in [7, 11) is 8.42. The maximum Gasteiger partial charge on any atom is 1.00 e. The molecule has 7 fully saturated rings. The summed E-state index contributed by atoms with van der Waals surface area (Å²) in [5.41, 5.74) is 9.87. The van der Waals surface area contributed by atoms with Crippen molar-refractivity contribution in [3.63, 3.8) is 0 Å². The van der Waals surface area contributed by atoms with E-state index in [0.29, 0.717) is 65.2 Å². The first-order valence-corrected chi connectivity index (χ1v) is 56.1. The minimum atomic E-state index is -0.330. The molecule has 7 aliphatic heterocycles. The van der Waals surface area contributed by atoms with Crippen LogP contribution in [0.15, 0.2) is 196 Å². The number of halogens is 9. The van der Waals surface area contributed by atoms with Crippen molar-refractivity contribution in [3.8, 4) is 11.3 Å². The number of nitrogens with zero attached hydrogens (tertiary/aromatic N) is 22. The van der Waals surface area contributed by atoms with Gasteiger partial charge in [0.25, 0.3) is 6.47 Å². The van der Waals surface area contributed by atoms with Crippen LogP contribution in [0.3, 0.4) is 0 Å². The minimum absolute atomic E-state index is 0. The maximum absolute atomic E-state index is 8.64. The molecule has 150 heavy (non-hydrogen) atoms. The molecular formula is C105H138BBr4Cl5K2N26O7. The number of alkyl halides is 3. The number of carbonyl (C=O) groups excluding carboxylic acids is 1. The Labute approximate surface area is 1030 Å². The Bertz CT molecular complexity index is 6340. The van der Waals surface area contributed by atoms with Crippen molar-refractivity contribution in [1.29, 1.82) is 0 Å². The van der Waals surface area contributed by atoms with Gasteiger partial charge in [0, 0.05) is 254 Å². The number of benzene rings is 7. The number of ether oxygens (including phenoxy) is 2. The SMILES string of the molecule is Brc1ccc2cn[nH]c2c1.CN1CCN(CCCn2ncc3ccc(-c4cc(Nc5ccc(Cl)cc5)nc(N5CCOCC5)n4)cc32)CC1.CN1CCN(CCCn2ncc3ccc(B4OC(C)(C)C(C)(C)O4)cc32)CC1.CN1CCN(CCCn2ncc3ccc(Br)cc32)CC1.CN1CCNCC1.ClCCCBr.ClCCCn1ncc2ccc(Br)cc21.Clc1ccc(Nc2cc(Cl)nc(N3CCOCC3)n2)cc1.O=CO[O-].[H-].[K+].[K+]. The Morgan fingerprint density at radius 1 is 0.440 bits per heavy atom. The molecule has 0 amide bonds. The normalized spacial score (nSPS) is 16.6. The number of H-pyrrole nitrogens is 1. The van der Waals surface area contributed by atoms with Gasteiger partial charge in [0.05, 0.1) is 102 Å². The molecule has 21 rings (SSSR count). The summed E-state index contributed by atoms with van der Waals surface area (Å²) in [6.45, 7) is 39.8. The number of carbonyl (C=O) groups is 1. The molecule has 0 atom stereocenters. The molecule has 33 nitrogen and oxygen atoms in total. The molecule has 45 heteroatoms. The second kappa shape index (κ2) is 65.4. The van der Waals surface area contributed by atoms with Gasteiger partial charge in [-0.3, -0.25) is 28.6 Å². The predicted octanol–water partition coefficient (Wildman–Crippen LogP) is 12.0. The fourth-order valence-corrected chi connectivity index (χ4v) is 19.4. The molecule has 0 saturated carbocycles. The zero-order chi connectivity index (χ0) is 105. The second-order valence-corrected chi connectivity index (χ2v) is 43.5. The number of piperazine rings is 4. The van der Waals surface area contributed by atoms with Crippen LogP contribution < -0.4 is 139 Å². The molecule has 0 aliphatic carbocycles. The molecule has 7 aromatic heterocycles. The van der Waals surface area contributed by atoms with Crippen molar-refractivity contribution >= 4 is 230 Å². The van der Waals surface area contributed by atoms with Gasteiger partial charge in [-0.2, -0.15) is 35.5 Å². The first kappa shape index (κ1) is 125. The van der Waals surface area contributed by atoms with E-state index in [4.69, 9.17) is 102 Å². The summed E-state index contributed by atoms with van der Waals surface area (Å²) >= 11 is 42.6. The summed E-state index contributed by atoms with van der Waals surface area (Å²) in [6.07, 6.45) is 14.9. The average molecular weight is 2460 g/mol. The molecule has 7 saturated heterocycles. The molecule has 7 aliphatic rings. The van der Waals surface area contributed by atoms with Crippen molar-refractivity contribution in [2.75, 3.05) is 243 Å². The number of rotatable bonds is 26. The Balaban J connectivity index is 0.000000185. The van der Waals surface area contributed by atoms with E-state index in [1.165, 1.54) is 93.7 Å². The quantitative estimate of drug-likeness (QED) is 0.00977. The van der Waals surface area contributed by atoms with Crippen molar-refractivity contribution in [2.24, 2.45) is 0 Å². The van der Waals surface area contributed by atoms with Crippen LogP contribution in [0.5, 0.6) is 0 Å². The second-order valence-electron chi connectivity index (χ2n) is 38.0. The third-order valence-electron chi connectivity index (χ3n) is 26.4. The van der Waals surface area contributed by atoms with E-state index in [1.54, 1.807) is 6.07 Å². The fourth-order valence-electron chi connectivity index (χ4n) is 17.0. The smallest absolute Gasteiger partial charge is 1.00 e. The molecule has 0 unspecified atom stereocenters. The Kier molecular flexibility index (Phi) is 54.6. The molecule has 14 heterocycles. The van der Waals surface area contributed by atoms with E-state index in [0.717, 1.165) is 228 Å². The van der Waals surface area contributed by atoms with Crippen molar-refractivity contribution < 1.29 is 138 Å².